The smallest absolute Gasteiger partial charge is 0.217 e. The van der Waals surface area contributed by atoms with Crippen LogP contribution in [-0.4, -0.2) is 53.2 Å². The number of carbonyl (C=O) groups excluding carboxylic acids is 1. The highest BCUT2D eigenvalue weighted by Gasteiger charge is 2.53. The third kappa shape index (κ3) is 4.60. The van der Waals surface area contributed by atoms with Crippen molar-refractivity contribution in [3.05, 3.63) is 36.0 Å². The molecule has 2 bridgehead atoms. The lowest BCUT2D eigenvalue weighted by Crippen LogP contribution is -2.60. The summed E-state index contributed by atoms with van der Waals surface area (Å²) in [6.45, 7) is 4.27. The Hall–Kier alpha value is -1.96. The first kappa shape index (κ1) is 20.4. The van der Waals surface area contributed by atoms with Crippen LogP contribution in [0.2, 0.25) is 0 Å². The normalized spacial score (nSPS) is 31.2. The Morgan fingerprint density at radius 3 is 2.81 bits per heavy atom. The number of amides is 1. The molecule has 1 amide bonds. The molecule has 0 aromatic rings. The molecular formula is C19H28N2O5. The van der Waals surface area contributed by atoms with Crippen molar-refractivity contribution in [3.63, 3.8) is 0 Å². The minimum Gasteiger partial charge on any atom is -0.468 e. The van der Waals surface area contributed by atoms with E-state index in [1.54, 1.807) is 18.2 Å². The summed E-state index contributed by atoms with van der Waals surface area (Å²) in [7, 11) is 1.43. The highest BCUT2D eigenvalue weighted by molar-refractivity contribution is 5.89. The van der Waals surface area contributed by atoms with E-state index in [1.807, 2.05) is 12.2 Å². The first-order valence-corrected chi connectivity index (χ1v) is 8.80. The van der Waals surface area contributed by atoms with E-state index in [0.29, 0.717) is 11.5 Å². The number of fused-ring (bicyclic) bond motifs is 2. The van der Waals surface area contributed by atoms with Crippen LogP contribution in [0.3, 0.4) is 0 Å². The van der Waals surface area contributed by atoms with Gasteiger partial charge in [0, 0.05) is 13.5 Å². The highest BCUT2D eigenvalue weighted by Crippen LogP contribution is 2.38. The van der Waals surface area contributed by atoms with Crippen molar-refractivity contribution in [2.24, 2.45) is 16.6 Å². The predicted octanol–water partition coefficient (Wildman–Crippen LogP) is 1.21. The van der Waals surface area contributed by atoms with Gasteiger partial charge in [0.15, 0.2) is 6.10 Å². The SMILES string of the molecule is CO[C@]12C=C(CCC(N)=O)[C@@H](O)[C@H](OC(/C=C/C=C/CC(C)C)=N1)C2O. The maximum absolute atomic E-state index is 11.0. The lowest BCUT2D eigenvalue weighted by atomic mass is 9.82. The second-order valence-corrected chi connectivity index (χ2v) is 6.98. The van der Waals surface area contributed by atoms with Gasteiger partial charge >= 0.3 is 0 Å². The summed E-state index contributed by atoms with van der Waals surface area (Å²) in [5.41, 5.74) is 4.35. The number of aliphatic hydroxyl groups is 2. The molecular weight excluding hydrogens is 336 g/mol. The zero-order valence-electron chi connectivity index (χ0n) is 15.5. The van der Waals surface area contributed by atoms with E-state index in [2.05, 4.69) is 18.8 Å². The molecule has 0 aromatic heterocycles. The van der Waals surface area contributed by atoms with Gasteiger partial charge in [-0.05, 0) is 36.5 Å². The topological polar surface area (TPSA) is 114 Å². The van der Waals surface area contributed by atoms with Crippen LogP contribution in [0.25, 0.3) is 0 Å². The fourth-order valence-electron chi connectivity index (χ4n) is 2.98. The van der Waals surface area contributed by atoms with Crippen molar-refractivity contribution >= 4 is 11.8 Å². The number of hydrogen-bond acceptors (Lipinski definition) is 6. The van der Waals surface area contributed by atoms with E-state index < -0.39 is 29.9 Å². The molecule has 0 fully saturated rings. The van der Waals surface area contributed by atoms with Gasteiger partial charge in [0.1, 0.15) is 12.2 Å². The minimum absolute atomic E-state index is 0.0859. The van der Waals surface area contributed by atoms with Crippen molar-refractivity contribution in [1.29, 1.82) is 0 Å². The van der Waals surface area contributed by atoms with E-state index in [4.69, 9.17) is 15.2 Å². The Bertz CT molecular complexity index is 638. The molecule has 1 aliphatic carbocycles. The van der Waals surface area contributed by atoms with Gasteiger partial charge in [-0.25, -0.2) is 4.99 Å². The molecule has 4 N–H and O–H groups in total. The van der Waals surface area contributed by atoms with Crippen molar-refractivity contribution in [3.8, 4) is 0 Å². The van der Waals surface area contributed by atoms with Crippen LogP contribution < -0.4 is 5.73 Å². The second-order valence-electron chi connectivity index (χ2n) is 6.98. The Morgan fingerprint density at radius 2 is 2.19 bits per heavy atom. The molecule has 0 saturated heterocycles. The molecule has 2 rings (SSSR count). The third-order valence-corrected chi connectivity index (χ3v) is 4.44. The number of hydrogen-bond donors (Lipinski definition) is 3. The van der Waals surface area contributed by atoms with Gasteiger partial charge in [0.05, 0.1) is 0 Å². The van der Waals surface area contributed by atoms with Crippen LogP contribution in [0.1, 0.15) is 33.1 Å². The number of methoxy groups -OCH3 is 1. The van der Waals surface area contributed by atoms with Crippen molar-refractivity contribution < 1.29 is 24.5 Å². The molecule has 7 nitrogen and oxygen atoms in total. The Kier molecular flexibility index (Phi) is 6.75. The van der Waals surface area contributed by atoms with Gasteiger partial charge in [0.2, 0.25) is 17.5 Å². The molecule has 1 aliphatic heterocycles. The fourth-order valence-corrected chi connectivity index (χ4v) is 2.98. The minimum atomic E-state index is -1.35. The van der Waals surface area contributed by atoms with Gasteiger partial charge < -0.3 is 25.4 Å². The fraction of sp³-hybridized carbons (Fsp3) is 0.579. The number of aliphatic hydroxyl groups excluding tert-OH is 2. The van der Waals surface area contributed by atoms with Crippen molar-refractivity contribution in [2.45, 2.75) is 57.1 Å². The Labute approximate surface area is 153 Å². The summed E-state index contributed by atoms with van der Waals surface area (Å²) >= 11 is 0. The van der Waals surface area contributed by atoms with Gasteiger partial charge in [0.25, 0.3) is 0 Å². The molecule has 4 atom stereocenters. The van der Waals surface area contributed by atoms with Crippen LogP contribution in [-0.2, 0) is 14.3 Å². The number of allylic oxidation sites excluding steroid dienone is 3. The van der Waals surface area contributed by atoms with E-state index in [1.165, 1.54) is 7.11 Å². The number of aliphatic imine (C=N–C) groups is 1. The monoisotopic (exact) mass is 364 g/mol. The summed E-state index contributed by atoms with van der Waals surface area (Å²) in [5.74, 6) is 0.371. The summed E-state index contributed by atoms with van der Waals surface area (Å²) in [5, 5.41) is 21.0. The number of ether oxygens (including phenoxy) is 2. The molecule has 144 valence electrons. The first-order chi connectivity index (χ1) is 12.3. The van der Waals surface area contributed by atoms with E-state index >= 15 is 0 Å². The summed E-state index contributed by atoms with van der Waals surface area (Å²) in [4.78, 5) is 15.4. The van der Waals surface area contributed by atoms with Crippen LogP contribution in [0.5, 0.6) is 0 Å². The first-order valence-electron chi connectivity index (χ1n) is 8.80. The molecule has 2 aliphatic rings. The standard InChI is InChI=1S/C19H28N2O5/c1-12(2)7-5-4-6-8-15-21-19(25-3)11-13(9-10-14(20)22)16(23)17(26-15)18(19)24/h4-6,8,11-12,16-18,23-24H,7,9-10H2,1-3H3,(H2,20,22)/b5-4+,8-6+/t16-,17+,18?,19+/m1/s1. The lowest BCUT2D eigenvalue weighted by molar-refractivity contribution is -0.156. The average Bonchev–Trinajstić information content (AvgIpc) is 2.58. The predicted molar refractivity (Wildman–Crippen MR) is 98.3 cm³/mol. The maximum Gasteiger partial charge on any atom is 0.217 e. The Morgan fingerprint density at radius 1 is 1.46 bits per heavy atom. The molecule has 0 aromatic carbocycles. The zero-order chi connectivity index (χ0) is 19.3. The van der Waals surface area contributed by atoms with Gasteiger partial charge in [-0.1, -0.05) is 32.1 Å². The zero-order valence-corrected chi connectivity index (χ0v) is 15.5. The van der Waals surface area contributed by atoms with Gasteiger partial charge in [-0.3, -0.25) is 4.79 Å². The summed E-state index contributed by atoms with van der Waals surface area (Å²) < 4.78 is 11.1. The van der Waals surface area contributed by atoms with E-state index in [-0.39, 0.29) is 18.7 Å². The highest BCUT2D eigenvalue weighted by atomic mass is 16.6. The van der Waals surface area contributed by atoms with Crippen LogP contribution >= 0.6 is 0 Å². The van der Waals surface area contributed by atoms with E-state index in [0.717, 1.165) is 6.42 Å². The molecule has 0 radical (unpaired) electrons. The average molecular weight is 364 g/mol. The number of nitrogens with zero attached hydrogens (tertiary/aromatic N) is 1. The molecule has 7 heteroatoms. The van der Waals surface area contributed by atoms with Crippen LogP contribution in [0.15, 0.2) is 40.9 Å². The number of rotatable bonds is 8. The number of carbonyl (C=O) groups is 1. The van der Waals surface area contributed by atoms with Gasteiger partial charge in [-0.2, -0.15) is 0 Å². The largest absolute Gasteiger partial charge is 0.468 e. The van der Waals surface area contributed by atoms with Gasteiger partial charge in [-0.15, -0.1) is 0 Å². The van der Waals surface area contributed by atoms with Crippen molar-refractivity contribution in [2.75, 3.05) is 7.11 Å². The molecule has 0 saturated carbocycles. The second kappa shape index (κ2) is 8.62. The lowest BCUT2D eigenvalue weighted by Gasteiger charge is -2.45. The molecule has 26 heavy (non-hydrogen) atoms. The van der Waals surface area contributed by atoms with E-state index in [9.17, 15) is 15.0 Å². The summed E-state index contributed by atoms with van der Waals surface area (Å²) in [6, 6.07) is 0. The molecule has 1 heterocycles. The third-order valence-electron chi connectivity index (χ3n) is 4.44. The number of nitrogens with two attached hydrogens (primary N) is 1. The molecule has 1 unspecified atom stereocenters. The quantitative estimate of drug-likeness (QED) is 0.442. The van der Waals surface area contributed by atoms with Crippen LogP contribution in [0.4, 0.5) is 0 Å². The molecule has 0 spiro atoms. The Balaban J connectivity index is 2.24. The van der Waals surface area contributed by atoms with Crippen LogP contribution in [0, 0.1) is 5.92 Å². The number of primary amides is 1. The maximum atomic E-state index is 11.0. The van der Waals surface area contributed by atoms with Crippen molar-refractivity contribution in [1.82, 2.24) is 0 Å². The summed E-state index contributed by atoms with van der Waals surface area (Å²) in [6.07, 6.45) is 7.12.